The summed E-state index contributed by atoms with van der Waals surface area (Å²) >= 11 is 11.6. The highest BCUT2D eigenvalue weighted by Gasteiger charge is 2.33. The van der Waals surface area contributed by atoms with Crippen molar-refractivity contribution in [2.24, 2.45) is 4.99 Å². The van der Waals surface area contributed by atoms with Crippen molar-refractivity contribution in [1.82, 2.24) is 0 Å². The number of benzene rings is 2. The fourth-order valence-corrected chi connectivity index (χ4v) is 2.77. The summed E-state index contributed by atoms with van der Waals surface area (Å²) in [6.07, 6.45) is -3.38. The molecule has 5 nitrogen and oxygen atoms in total. The van der Waals surface area contributed by atoms with E-state index in [1.165, 1.54) is 42.6 Å². The van der Waals surface area contributed by atoms with E-state index in [0.29, 0.717) is 5.56 Å². The van der Waals surface area contributed by atoms with Gasteiger partial charge in [-0.05, 0) is 36.4 Å². The molecule has 0 bridgehead atoms. The van der Waals surface area contributed by atoms with Crippen LogP contribution >= 0.6 is 23.2 Å². The van der Waals surface area contributed by atoms with Crippen LogP contribution in [-0.4, -0.2) is 11.1 Å². The van der Waals surface area contributed by atoms with E-state index in [0.717, 1.165) is 12.1 Å². The third kappa shape index (κ3) is 4.35. The summed E-state index contributed by atoms with van der Waals surface area (Å²) in [4.78, 5) is 14.3. The maximum Gasteiger partial charge on any atom is 0.417 e. The number of hydrogen-bond acceptors (Lipinski definition) is 4. The number of nitro benzene ring substituents is 1. The number of furan rings is 1. The van der Waals surface area contributed by atoms with Gasteiger partial charge in [0.05, 0.1) is 32.4 Å². The molecule has 0 unspecified atom stereocenters. The Morgan fingerprint density at radius 2 is 1.75 bits per heavy atom. The molecule has 0 saturated heterocycles. The second-order valence-corrected chi connectivity index (χ2v) is 6.36. The van der Waals surface area contributed by atoms with Gasteiger partial charge in [-0.3, -0.25) is 15.1 Å². The van der Waals surface area contributed by atoms with Crippen LogP contribution in [0.2, 0.25) is 10.0 Å². The van der Waals surface area contributed by atoms with Crippen molar-refractivity contribution in [3.63, 3.8) is 0 Å². The number of nitro groups is 1. The van der Waals surface area contributed by atoms with E-state index < -0.39 is 21.7 Å². The van der Waals surface area contributed by atoms with Crippen molar-refractivity contribution in [1.29, 1.82) is 0 Å². The number of hydrogen-bond donors (Lipinski definition) is 0. The Morgan fingerprint density at radius 1 is 1.04 bits per heavy atom. The number of rotatable bonds is 4. The second kappa shape index (κ2) is 7.65. The minimum absolute atomic E-state index is 0.0306. The van der Waals surface area contributed by atoms with Crippen LogP contribution in [0.3, 0.4) is 0 Å². The molecule has 28 heavy (non-hydrogen) atoms. The molecule has 2 aromatic carbocycles. The van der Waals surface area contributed by atoms with Crippen molar-refractivity contribution in [2.45, 2.75) is 6.18 Å². The van der Waals surface area contributed by atoms with Crippen LogP contribution in [0.4, 0.5) is 24.5 Å². The van der Waals surface area contributed by atoms with Gasteiger partial charge in [-0.1, -0.05) is 23.2 Å². The summed E-state index contributed by atoms with van der Waals surface area (Å²) in [7, 11) is 0. The molecule has 0 atom stereocenters. The minimum Gasteiger partial charge on any atom is -0.455 e. The van der Waals surface area contributed by atoms with E-state index in [2.05, 4.69) is 4.99 Å². The Balaban J connectivity index is 1.88. The average Bonchev–Trinajstić information content (AvgIpc) is 3.09. The van der Waals surface area contributed by atoms with Gasteiger partial charge in [0.1, 0.15) is 11.5 Å². The number of alkyl halides is 3. The second-order valence-electron chi connectivity index (χ2n) is 5.54. The zero-order valence-electron chi connectivity index (χ0n) is 13.7. The lowest BCUT2D eigenvalue weighted by molar-refractivity contribution is -0.384. The van der Waals surface area contributed by atoms with Gasteiger partial charge in [0.15, 0.2) is 0 Å². The van der Waals surface area contributed by atoms with Crippen molar-refractivity contribution < 1.29 is 22.5 Å². The monoisotopic (exact) mass is 428 g/mol. The first-order valence-corrected chi connectivity index (χ1v) is 8.36. The van der Waals surface area contributed by atoms with Gasteiger partial charge in [-0.15, -0.1) is 0 Å². The summed E-state index contributed by atoms with van der Waals surface area (Å²) in [5.74, 6) is 0.475. The van der Waals surface area contributed by atoms with Gasteiger partial charge in [-0.25, -0.2) is 0 Å². The molecule has 1 heterocycles. The van der Waals surface area contributed by atoms with Crippen molar-refractivity contribution in [3.8, 4) is 11.3 Å². The van der Waals surface area contributed by atoms with E-state index in [-0.39, 0.29) is 27.9 Å². The van der Waals surface area contributed by atoms with Crippen LogP contribution in [0.15, 0.2) is 57.9 Å². The molecule has 0 aliphatic rings. The SMILES string of the molecule is O=[N+]([O-])c1ccc(Cl)c(-c2ccc(C=Nc3ccc(Cl)c(C(F)(F)F)c3)o2)c1. The van der Waals surface area contributed by atoms with Crippen molar-refractivity contribution in [2.75, 3.05) is 0 Å². The van der Waals surface area contributed by atoms with E-state index in [9.17, 15) is 23.3 Å². The van der Waals surface area contributed by atoms with Crippen LogP contribution in [0.1, 0.15) is 11.3 Å². The lowest BCUT2D eigenvalue weighted by Gasteiger charge is -2.08. The first-order valence-electron chi connectivity index (χ1n) is 7.60. The summed E-state index contributed by atoms with van der Waals surface area (Å²) in [5.41, 5.74) is -0.816. The maximum atomic E-state index is 12.9. The minimum atomic E-state index is -4.60. The summed E-state index contributed by atoms with van der Waals surface area (Å²) in [6, 6.07) is 10.2. The van der Waals surface area contributed by atoms with E-state index >= 15 is 0 Å². The van der Waals surface area contributed by atoms with Crippen LogP contribution in [0, 0.1) is 10.1 Å². The first kappa shape index (κ1) is 19.9. The Hall–Kier alpha value is -2.84. The molecule has 0 fully saturated rings. The number of non-ortho nitro benzene ring substituents is 1. The quantitative estimate of drug-likeness (QED) is 0.257. The molecule has 0 N–H and O–H groups in total. The lowest BCUT2D eigenvalue weighted by Crippen LogP contribution is -2.05. The highest BCUT2D eigenvalue weighted by molar-refractivity contribution is 6.33. The molecular weight excluding hydrogens is 420 g/mol. The third-order valence-electron chi connectivity index (χ3n) is 3.65. The van der Waals surface area contributed by atoms with Gasteiger partial charge in [0.2, 0.25) is 0 Å². The molecule has 10 heteroatoms. The highest BCUT2D eigenvalue weighted by atomic mass is 35.5. The molecular formula is C18H9Cl2F3N2O3. The molecule has 3 aromatic rings. The Morgan fingerprint density at radius 3 is 2.43 bits per heavy atom. The van der Waals surface area contributed by atoms with E-state index in [1.54, 1.807) is 0 Å². The average molecular weight is 429 g/mol. The number of halogens is 5. The van der Waals surface area contributed by atoms with Crippen molar-refractivity contribution >= 4 is 40.8 Å². The Kier molecular flexibility index (Phi) is 5.44. The topological polar surface area (TPSA) is 68.6 Å². The molecule has 0 radical (unpaired) electrons. The molecule has 3 rings (SSSR count). The Bertz CT molecular complexity index is 1080. The van der Waals surface area contributed by atoms with E-state index in [1.807, 2.05) is 0 Å². The zero-order valence-corrected chi connectivity index (χ0v) is 15.2. The molecule has 1 aromatic heterocycles. The highest BCUT2D eigenvalue weighted by Crippen LogP contribution is 2.37. The largest absolute Gasteiger partial charge is 0.455 e. The standard InChI is InChI=1S/C18H9Cl2F3N2O3/c19-15-5-2-11(25(26)27)8-13(15)17-6-3-12(28-17)9-24-10-1-4-16(20)14(7-10)18(21,22)23/h1-9H. The van der Waals surface area contributed by atoms with Crippen LogP contribution in [0.25, 0.3) is 11.3 Å². The van der Waals surface area contributed by atoms with Gasteiger partial charge in [0, 0.05) is 17.7 Å². The smallest absolute Gasteiger partial charge is 0.417 e. The zero-order chi connectivity index (χ0) is 20.5. The molecule has 0 saturated carbocycles. The summed E-state index contributed by atoms with van der Waals surface area (Å²) < 4.78 is 44.2. The Labute approximate surface area is 166 Å². The maximum absolute atomic E-state index is 12.9. The number of aliphatic imine (C=N–C) groups is 1. The van der Waals surface area contributed by atoms with E-state index in [4.69, 9.17) is 27.6 Å². The molecule has 0 aliphatic heterocycles. The molecule has 0 spiro atoms. The summed E-state index contributed by atoms with van der Waals surface area (Å²) in [5, 5.41) is 10.7. The van der Waals surface area contributed by atoms with Gasteiger partial charge >= 0.3 is 6.18 Å². The fraction of sp³-hybridized carbons (Fsp3) is 0.0556. The number of nitrogens with zero attached hydrogens (tertiary/aromatic N) is 2. The first-order chi connectivity index (χ1) is 13.1. The predicted octanol–water partition coefficient (Wildman–Crippen LogP) is 6.93. The lowest BCUT2D eigenvalue weighted by atomic mass is 10.1. The molecule has 0 amide bonds. The van der Waals surface area contributed by atoms with Gasteiger partial charge < -0.3 is 4.42 Å². The predicted molar refractivity (Wildman–Crippen MR) is 99.5 cm³/mol. The van der Waals surface area contributed by atoms with Crippen LogP contribution in [0.5, 0.6) is 0 Å². The normalized spacial score (nSPS) is 11.9. The fourth-order valence-electron chi connectivity index (χ4n) is 2.33. The van der Waals surface area contributed by atoms with Crippen LogP contribution < -0.4 is 0 Å². The van der Waals surface area contributed by atoms with Gasteiger partial charge in [0.25, 0.3) is 5.69 Å². The summed E-state index contributed by atoms with van der Waals surface area (Å²) in [6.45, 7) is 0. The van der Waals surface area contributed by atoms with Gasteiger partial charge in [-0.2, -0.15) is 13.2 Å². The molecule has 0 aliphatic carbocycles. The third-order valence-corrected chi connectivity index (χ3v) is 4.31. The molecule has 144 valence electrons. The van der Waals surface area contributed by atoms with Crippen LogP contribution in [-0.2, 0) is 6.18 Å². The van der Waals surface area contributed by atoms with Crippen molar-refractivity contribution in [3.05, 3.63) is 80.0 Å².